The second kappa shape index (κ2) is 4.25. The molecule has 0 unspecified atom stereocenters. The molecule has 1 amide bonds. The number of esters is 1. The number of furan rings is 1. The molecular formula is C15H13NO5. The maximum atomic E-state index is 12.5. The summed E-state index contributed by atoms with van der Waals surface area (Å²) in [6, 6.07) is 6.66. The fourth-order valence-electron chi connectivity index (χ4n) is 3.02. The van der Waals surface area contributed by atoms with E-state index in [1.165, 1.54) is 4.90 Å². The van der Waals surface area contributed by atoms with Crippen LogP contribution >= 0.6 is 0 Å². The summed E-state index contributed by atoms with van der Waals surface area (Å²) in [4.78, 5) is 25.7. The molecule has 1 aromatic heterocycles. The van der Waals surface area contributed by atoms with Crippen molar-refractivity contribution in [3.8, 4) is 5.75 Å². The minimum atomic E-state index is -0.474. The van der Waals surface area contributed by atoms with E-state index in [0.29, 0.717) is 24.3 Å². The number of amides is 1. The number of morpholine rings is 1. The molecule has 2 aliphatic rings. The first-order valence-electron chi connectivity index (χ1n) is 6.75. The number of carbonyl (C=O) groups is 2. The van der Waals surface area contributed by atoms with Gasteiger partial charge in [0, 0.05) is 11.8 Å². The second-order valence-electron chi connectivity index (χ2n) is 5.26. The van der Waals surface area contributed by atoms with Crippen LogP contribution in [0.3, 0.4) is 0 Å². The SMILES string of the molecule is COc1cccc2cc(C(=O)N3C[C@H]4C[C@H]3C(=O)O4)oc12. The second-order valence-corrected chi connectivity index (χ2v) is 5.26. The number of fused-ring (bicyclic) bond motifs is 3. The van der Waals surface area contributed by atoms with Gasteiger partial charge >= 0.3 is 5.97 Å². The molecule has 2 aliphatic heterocycles. The van der Waals surface area contributed by atoms with E-state index in [1.807, 2.05) is 12.1 Å². The van der Waals surface area contributed by atoms with Crippen molar-refractivity contribution in [1.82, 2.24) is 4.90 Å². The molecule has 21 heavy (non-hydrogen) atoms. The molecule has 2 saturated heterocycles. The molecule has 108 valence electrons. The van der Waals surface area contributed by atoms with Crippen LogP contribution in [0.5, 0.6) is 5.75 Å². The number of ether oxygens (including phenoxy) is 2. The van der Waals surface area contributed by atoms with Gasteiger partial charge in [-0.1, -0.05) is 12.1 Å². The van der Waals surface area contributed by atoms with Gasteiger partial charge < -0.3 is 18.8 Å². The summed E-state index contributed by atoms with van der Waals surface area (Å²) in [7, 11) is 1.55. The van der Waals surface area contributed by atoms with E-state index in [4.69, 9.17) is 13.9 Å². The third kappa shape index (κ3) is 1.72. The molecule has 0 saturated carbocycles. The highest BCUT2D eigenvalue weighted by atomic mass is 16.6. The monoisotopic (exact) mass is 287 g/mol. The fourth-order valence-corrected chi connectivity index (χ4v) is 3.02. The van der Waals surface area contributed by atoms with Crippen molar-refractivity contribution in [3.63, 3.8) is 0 Å². The lowest BCUT2D eigenvalue weighted by Crippen LogP contribution is -2.44. The highest BCUT2D eigenvalue weighted by Gasteiger charge is 2.49. The van der Waals surface area contributed by atoms with Crippen molar-refractivity contribution in [1.29, 1.82) is 0 Å². The molecule has 0 spiro atoms. The van der Waals surface area contributed by atoms with Gasteiger partial charge in [-0.25, -0.2) is 4.79 Å². The molecular weight excluding hydrogens is 274 g/mol. The molecule has 6 heteroatoms. The Labute approximate surface area is 120 Å². The van der Waals surface area contributed by atoms with Crippen LogP contribution in [0.15, 0.2) is 28.7 Å². The maximum Gasteiger partial charge on any atom is 0.329 e. The van der Waals surface area contributed by atoms with Crippen LogP contribution in [0.2, 0.25) is 0 Å². The number of rotatable bonds is 2. The van der Waals surface area contributed by atoms with Gasteiger partial charge in [-0.15, -0.1) is 0 Å². The number of nitrogens with zero attached hydrogens (tertiary/aromatic N) is 1. The molecule has 2 aromatic rings. The van der Waals surface area contributed by atoms with E-state index >= 15 is 0 Å². The zero-order chi connectivity index (χ0) is 14.6. The van der Waals surface area contributed by atoms with E-state index in [9.17, 15) is 9.59 Å². The van der Waals surface area contributed by atoms with Gasteiger partial charge in [0.25, 0.3) is 5.91 Å². The number of hydrogen-bond acceptors (Lipinski definition) is 5. The summed E-state index contributed by atoms with van der Waals surface area (Å²) in [6.45, 7) is 0.434. The molecule has 2 atom stereocenters. The van der Waals surface area contributed by atoms with Crippen LogP contribution in [-0.4, -0.2) is 42.6 Å². The fraction of sp³-hybridized carbons (Fsp3) is 0.333. The lowest BCUT2D eigenvalue weighted by atomic mass is 10.2. The average molecular weight is 287 g/mol. The Morgan fingerprint density at radius 2 is 2.29 bits per heavy atom. The lowest BCUT2D eigenvalue weighted by Gasteiger charge is -2.24. The highest BCUT2D eigenvalue weighted by Crippen LogP contribution is 2.33. The predicted octanol–water partition coefficient (Wildman–Crippen LogP) is 1.58. The zero-order valence-corrected chi connectivity index (χ0v) is 11.4. The summed E-state index contributed by atoms with van der Waals surface area (Å²) in [6.07, 6.45) is 0.402. The van der Waals surface area contributed by atoms with Gasteiger partial charge in [0.05, 0.1) is 13.7 Å². The Kier molecular flexibility index (Phi) is 2.48. The average Bonchev–Trinajstić information content (AvgIpc) is 3.17. The van der Waals surface area contributed by atoms with Crippen molar-refractivity contribution >= 4 is 22.8 Å². The number of benzene rings is 1. The Hall–Kier alpha value is -2.50. The van der Waals surface area contributed by atoms with Crippen molar-refractivity contribution < 1.29 is 23.5 Å². The summed E-state index contributed by atoms with van der Waals surface area (Å²) in [5.41, 5.74) is 0.537. The van der Waals surface area contributed by atoms with E-state index in [2.05, 4.69) is 0 Å². The Morgan fingerprint density at radius 1 is 1.43 bits per heavy atom. The first-order valence-corrected chi connectivity index (χ1v) is 6.75. The van der Waals surface area contributed by atoms with Crippen LogP contribution in [0.1, 0.15) is 17.0 Å². The quantitative estimate of drug-likeness (QED) is 0.784. The molecule has 6 nitrogen and oxygen atoms in total. The minimum Gasteiger partial charge on any atom is -0.493 e. The predicted molar refractivity (Wildman–Crippen MR) is 72.1 cm³/mol. The summed E-state index contributed by atoms with van der Waals surface area (Å²) in [5, 5.41) is 0.796. The Balaban J connectivity index is 1.70. The van der Waals surface area contributed by atoms with Crippen molar-refractivity contribution in [2.75, 3.05) is 13.7 Å². The Morgan fingerprint density at radius 3 is 3.00 bits per heavy atom. The normalized spacial score (nSPS) is 23.7. The summed E-state index contributed by atoms with van der Waals surface area (Å²) in [5.74, 6) is 0.189. The highest BCUT2D eigenvalue weighted by molar-refractivity contribution is 5.99. The molecule has 2 bridgehead atoms. The van der Waals surface area contributed by atoms with Gasteiger partial charge in [-0.2, -0.15) is 0 Å². The van der Waals surface area contributed by atoms with Crippen LogP contribution in [0.4, 0.5) is 0 Å². The number of likely N-dealkylation sites (tertiary alicyclic amines) is 1. The van der Waals surface area contributed by atoms with Gasteiger partial charge in [-0.05, 0) is 12.1 Å². The van der Waals surface area contributed by atoms with E-state index in [-0.39, 0.29) is 23.7 Å². The smallest absolute Gasteiger partial charge is 0.329 e. The van der Waals surface area contributed by atoms with E-state index in [0.717, 1.165) is 5.39 Å². The van der Waals surface area contributed by atoms with Crippen LogP contribution < -0.4 is 4.74 Å². The van der Waals surface area contributed by atoms with E-state index < -0.39 is 6.04 Å². The first-order chi connectivity index (χ1) is 10.2. The topological polar surface area (TPSA) is 69.0 Å². The zero-order valence-electron chi connectivity index (χ0n) is 11.4. The molecule has 4 rings (SSSR count). The third-order valence-electron chi connectivity index (χ3n) is 4.02. The van der Waals surface area contributed by atoms with Gasteiger partial charge in [0.1, 0.15) is 12.1 Å². The lowest BCUT2D eigenvalue weighted by molar-refractivity contribution is -0.149. The van der Waals surface area contributed by atoms with Crippen molar-refractivity contribution in [2.24, 2.45) is 0 Å². The summed E-state index contributed by atoms with van der Waals surface area (Å²) < 4.78 is 15.9. The maximum absolute atomic E-state index is 12.5. The number of carbonyl (C=O) groups excluding carboxylic acids is 2. The van der Waals surface area contributed by atoms with Crippen LogP contribution in [0, 0.1) is 0 Å². The summed E-state index contributed by atoms with van der Waals surface area (Å²) >= 11 is 0. The minimum absolute atomic E-state index is 0.176. The number of hydrogen-bond donors (Lipinski definition) is 0. The molecule has 0 radical (unpaired) electrons. The molecule has 1 aromatic carbocycles. The molecule has 3 heterocycles. The molecule has 2 fully saturated rings. The number of methoxy groups -OCH3 is 1. The van der Waals surface area contributed by atoms with E-state index in [1.54, 1.807) is 19.2 Å². The van der Waals surface area contributed by atoms with Crippen LogP contribution in [0.25, 0.3) is 11.0 Å². The molecule has 0 N–H and O–H groups in total. The first kappa shape index (κ1) is 12.3. The van der Waals surface area contributed by atoms with Gasteiger partial charge in [-0.3, -0.25) is 4.79 Å². The standard InChI is InChI=1S/C15H13NO5/c1-19-11-4-2-3-8-5-12(21-13(8)11)14(17)16-7-9-6-10(16)15(18)20-9/h2-5,9-10H,6-7H2,1H3/t9-,10+/m1/s1. The van der Waals surface area contributed by atoms with Crippen molar-refractivity contribution in [2.45, 2.75) is 18.6 Å². The molecule has 0 aliphatic carbocycles. The van der Waals surface area contributed by atoms with Crippen LogP contribution in [-0.2, 0) is 9.53 Å². The van der Waals surface area contributed by atoms with Crippen molar-refractivity contribution in [3.05, 3.63) is 30.0 Å². The van der Waals surface area contributed by atoms with Gasteiger partial charge in [0.2, 0.25) is 0 Å². The Bertz CT molecular complexity index is 750. The number of para-hydroxylation sites is 1. The van der Waals surface area contributed by atoms with Gasteiger partial charge in [0.15, 0.2) is 17.1 Å². The largest absolute Gasteiger partial charge is 0.493 e. The third-order valence-corrected chi connectivity index (χ3v) is 4.02.